The maximum Gasteiger partial charge on any atom is 0.262 e. The van der Waals surface area contributed by atoms with Crippen LogP contribution in [0.2, 0.25) is 0 Å². The monoisotopic (exact) mass is 338 g/mol. The fourth-order valence-electron chi connectivity index (χ4n) is 2.33. The van der Waals surface area contributed by atoms with Crippen LogP contribution < -0.4 is 17.0 Å². The SMILES string of the molecule is COCCc1nc2sc(C(N)=O)c(C)c2c(=O)n1CCC(N)=O. The number of aryl methyl sites for hydroxylation is 1. The first-order chi connectivity index (χ1) is 10.9. The quantitative estimate of drug-likeness (QED) is 0.729. The number of fused-ring (bicyclic) bond motifs is 1. The molecular formula is C14H18N4O4S. The first-order valence-corrected chi connectivity index (χ1v) is 7.78. The molecule has 23 heavy (non-hydrogen) atoms. The molecule has 8 nitrogen and oxygen atoms in total. The number of primary amides is 2. The van der Waals surface area contributed by atoms with Crippen LogP contribution in [-0.4, -0.2) is 35.1 Å². The summed E-state index contributed by atoms with van der Waals surface area (Å²) in [5, 5.41) is 0.356. The summed E-state index contributed by atoms with van der Waals surface area (Å²) < 4.78 is 6.44. The van der Waals surface area contributed by atoms with Crippen molar-refractivity contribution in [3.8, 4) is 0 Å². The van der Waals surface area contributed by atoms with E-state index in [1.54, 1.807) is 14.0 Å². The lowest BCUT2D eigenvalue weighted by Crippen LogP contribution is -2.28. The summed E-state index contributed by atoms with van der Waals surface area (Å²) in [6.07, 6.45) is 0.433. The van der Waals surface area contributed by atoms with Gasteiger partial charge in [0.15, 0.2) is 0 Å². The van der Waals surface area contributed by atoms with Crippen LogP contribution >= 0.6 is 11.3 Å². The van der Waals surface area contributed by atoms with Gasteiger partial charge in [0.2, 0.25) is 5.91 Å². The van der Waals surface area contributed by atoms with Gasteiger partial charge < -0.3 is 16.2 Å². The highest BCUT2D eigenvalue weighted by atomic mass is 32.1. The Morgan fingerprint density at radius 3 is 2.61 bits per heavy atom. The molecule has 0 aliphatic heterocycles. The Balaban J connectivity index is 2.65. The minimum atomic E-state index is -0.591. The third kappa shape index (κ3) is 3.40. The van der Waals surface area contributed by atoms with Gasteiger partial charge in [-0.25, -0.2) is 4.98 Å². The second-order valence-corrected chi connectivity index (χ2v) is 6.04. The number of thiophene rings is 1. The molecule has 0 saturated heterocycles. The normalized spacial score (nSPS) is 11.0. The van der Waals surface area contributed by atoms with E-state index in [9.17, 15) is 14.4 Å². The van der Waals surface area contributed by atoms with Crippen molar-refractivity contribution in [2.45, 2.75) is 26.3 Å². The zero-order chi connectivity index (χ0) is 17.1. The van der Waals surface area contributed by atoms with Gasteiger partial charge in [0, 0.05) is 26.5 Å². The van der Waals surface area contributed by atoms with Gasteiger partial charge in [0.25, 0.3) is 11.5 Å². The molecule has 0 fully saturated rings. The largest absolute Gasteiger partial charge is 0.384 e. The number of amides is 2. The number of carbonyl (C=O) groups is 2. The fraction of sp³-hybridized carbons (Fsp3) is 0.429. The summed E-state index contributed by atoms with van der Waals surface area (Å²) in [7, 11) is 1.55. The van der Waals surface area contributed by atoms with Crippen molar-refractivity contribution in [1.82, 2.24) is 9.55 Å². The highest BCUT2D eigenvalue weighted by molar-refractivity contribution is 7.20. The molecule has 2 heterocycles. The Morgan fingerprint density at radius 1 is 1.35 bits per heavy atom. The molecule has 2 rings (SSSR count). The number of carbonyl (C=O) groups excluding carboxylic acids is 2. The highest BCUT2D eigenvalue weighted by Gasteiger charge is 2.20. The molecule has 2 amide bonds. The zero-order valence-corrected chi connectivity index (χ0v) is 13.7. The lowest BCUT2D eigenvalue weighted by Gasteiger charge is -2.11. The average molecular weight is 338 g/mol. The number of nitrogens with two attached hydrogens (primary N) is 2. The van der Waals surface area contributed by atoms with Crippen molar-refractivity contribution in [1.29, 1.82) is 0 Å². The summed E-state index contributed by atoms with van der Waals surface area (Å²) in [6, 6.07) is 0. The van der Waals surface area contributed by atoms with Crippen molar-refractivity contribution in [2.24, 2.45) is 11.5 Å². The number of aromatic nitrogens is 2. The Labute approximate surface area is 136 Å². The molecule has 0 bridgehead atoms. The molecule has 0 atom stereocenters. The van der Waals surface area contributed by atoms with Crippen LogP contribution in [0.4, 0.5) is 0 Å². The van der Waals surface area contributed by atoms with E-state index in [-0.39, 0.29) is 18.5 Å². The number of nitrogens with zero attached hydrogens (tertiary/aromatic N) is 2. The molecule has 0 radical (unpaired) electrons. The maximum absolute atomic E-state index is 12.8. The smallest absolute Gasteiger partial charge is 0.262 e. The van der Waals surface area contributed by atoms with E-state index in [2.05, 4.69) is 4.98 Å². The van der Waals surface area contributed by atoms with E-state index < -0.39 is 11.8 Å². The zero-order valence-electron chi connectivity index (χ0n) is 12.9. The van der Waals surface area contributed by atoms with Crippen LogP contribution in [0.25, 0.3) is 10.2 Å². The van der Waals surface area contributed by atoms with Crippen molar-refractivity contribution < 1.29 is 14.3 Å². The molecule has 0 aliphatic rings. The summed E-state index contributed by atoms with van der Waals surface area (Å²) in [5.41, 5.74) is 10.7. The summed E-state index contributed by atoms with van der Waals surface area (Å²) in [5.74, 6) is -0.607. The maximum atomic E-state index is 12.8. The van der Waals surface area contributed by atoms with Crippen LogP contribution in [0.5, 0.6) is 0 Å². The highest BCUT2D eigenvalue weighted by Crippen LogP contribution is 2.27. The summed E-state index contributed by atoms with van der Waals surface area (Å²) in [4.78, 5) is 40.5. The number of hydrogen-bond acceptors (Lipinski definition) is 6. The Hall–Kier alpha value is -2.26. The number of ether oxygens (including phenoxy) is 1. The third-order valence-electron chi connectivity index (χ3n) is 3.46. The molecule has 0 aromatic carbocycles. The average Bonchev–Trinajstić information content (AvgIpc) is 2.81. The van der Waals surface area contributed by atoms with Crippen molar-refractivity contribution >= 4 is 33.4 Å². The minimum Gasteiger partial charge on any atom is -0.384 e. The van der Waals surface area contributed by atoms with E-state index in [1.807, 2.05) is 0 Å². The van der Waals surface area contributed by atoms with Crippen molar-refractivity contribution in [3.63, 3.8) is 0 Å². The second-order valence-electron chi connectivity index (χ2n) is 5.04. The van der Waals surface area contributed by atoms with E-state index in [0.717, 1.165) is 11.3 Å². The van der Waals surface area contributed by atoms with Crippen molar-refractivity contribution in [3.05, 3.63) is 26.6 Å². The van der Waals surface area contributed by atoms with Crippen LogP contribution in [0.15, 0.2) is 4.79 Å². The topological polar surface area (TPSA) is 130 Å². The molecule has 124 valence electrons. The van der Waals surface area contributed by atoms with Gasteiger partial charge in [0.05, 0.1) is 16.9 Å². The van der Waals surface area contributed by atoms with E-state index in [0.29, 0.717) is 39.5 Å². The Bertz CT molecular complexity index is 824. The summed E-state index contributed by atoms with van der Waals surface area (Å²) in [6.45, 7) is 2.17. The molecule has 0 saturated carbocycles. The van der Waals surface area contributed by atoms with Crippen molar-refractivity contribution in [2.75, 3.05) is 13.7 Å². The predicted octanol–water partition coefficient (Wildman–Crippen LogP) is -0.0704. The molecule has 4 N–H and O–H groups in total. The van der Waals surface area contributed by atoms with Gasteiger partial charge in [-0.3, -0.25) is 19.0 Å². The second kappa shape index (κ2) is 6.88. The van der Waals surface area contributed by atoms with E-state index >= 15 is 0 Å². The van der Waals surface area contributed by atoms with Gasteiger partial charge in [-0.2, -0.15) is 0 Å². The number of hydrogen-bond donors (Lipinski definition) is 2. The van der Waals surface area contributed by atoms with E-state index in [1.165, 1.54) is 4.57 Å². The first kappa shape index (κ1) is 17.1. The standard InChI is InChI=1S/C14H18N4O4S/c1-7-10-13(23-11(7)12(16)20)17-9(4-6-22-2)18(14(10)21)5-3-8(15)19/h3-6H2,1-2H3,(H2,15,19)(H2,16,20). The molecule has 0 aliphatic carbocycles. The molecule has 0 unspecified atom stereocenters. The molecule has 2 aromatic rings. The number of methoxy groups -OCH3 is 1. The molecular weight excluding hydrogens is 320 g/mol. The minimum absolute atomic E-state index is 0.0267. The number of rotatable bonds is 7. The van der Waals surface area contributed by atoms with E-state index in [4.69, 9.17) is 16.2 Å². The van der Waals surface area contributed by atoms with Crippen LogP contribution in [0.1, 0.15) is 27.5 Å². The van der Waals surface area contributed by atoms with Crippen LogP contribution in [0, 0.1) is 6.92 Å². The Kier molecular flexibility index (Phi) is 5.12. The predicted molar refractivity (Wildman–Crippen MR) is 86.5 cm³/mol. The lowest BCUT2D eigenvalue weighted by atomic mass is 10.2. The van der Waals surface area contributed by atoms with Gasteiger partial charge in [-0.1, -0.05) is 0 Å². The van der Waals surface area contributed by atoms with Gasteiger partial charge in [-0.15, -0.1) is 11.3 Å². The van der Waals surface area contributed by atoms with Gasteiger partial charge in [-0.05, 0) is 12.5 Å². The summed E-state index contributed by atoms with van der Waals surface area (Å²) >= 11 is 1.10. The Morgan fingerprint density at radius 2 is 2.04 bits per heavy atom. The van der Waals surface area contributed by atoms with Gasteiger partial charge >= 0.3 is 0 Å². The third-order valence-corrected chi connectivity index (χ3v) is 4.67. The van der Waals surface area contributed by atoms with Crippen LogP contribution in [0.3, 0.4) is 0 Å². The first-order valence-electron chi connectivity index (χ1n) is 6.96. The molecule has 9 heteroatoms. The van der Waals surface area contributed by atoms with Gasteiger partial charge in [0.1, 0.15) is 10.7 Å². The van der Waals surface area contributed by atoms with Crippen LogP contribution in [-0.2, 0) is 22.5 Å². The molecule has 2 aromatic heterocycles. The molecule has 0 spiro atoms. The fourth-order valence-corrected chi connectivity index (χ4v) is 3.37. The lowest BCUT2D eigenvalue weighted by molar-refractivity contribution is -0.118.